The Morgan fingerprint density at radius 3 is 2.40 bits per heavy atom. The fourth-order valence-corrected chi connectivity index (χ4v) is 1.01. The van der Waals surface area contributed by atoms with Crippen molar-refractivity contribution in [3.63, 3.8) is 0 Å². The van der Waals surface area contributed by atoms with Gasteiger partial charge in [0.15, 0.2) is 0 Å². The van der Waals surface area contributed by atoms with Crippen LogP contribution in [0.3, 0.4) is 0 Å². The van der Waals surface area contributed by atoms with Crippen molar-refractivity contribution in [2.24, 2.45) is 5.73 Å². The van der Waals surface area contributed by atoms with Gasteiger partial charge in [-0.1, -0.05) is 24.3 Å². The Labute approximate surface area is 88.0 Å². The predicted octanol–water partition coefficient (Wildman–Crippen LogP) is 1.55. The van der Waals surface area contributed by atoms with Gasteiger partial charge in [-0.05, 0) is 18.1 Å². The minimum Gasteiger partial charge on any atom is -0.460 e. The zero-order valence-electron chi connectivity index (χ0n) is 8.57. The Kier molecular flexibility index (Phi) is 4.24. The number of halogens is 1. The fraction of sp³-hybridized carbons (Fsp3) is 0.364. The monoisotopic (exact) mass is 211 g/mol. The van der Waals surface area contributed by atoms with Gasteiger partial charge in [-0.3, -0.25) is 4.79 Å². The third-order valence-corrected chi connectivity index (χ3v) is 1.93. The van der Waals surface area contributed by atoms with Crippen LogP contribution in [-0.4, -0.2) is 12.0 Å². The first-order valence-electron chi connectivity index (χ1n) is 4.69. The van der Waals surface area contributed by atoms with E-state index >= 15 is 0 Å². The van der Waals surface area contributed by atoms with Crippen molar-refractivity contribution in [3.8, 4) is 0 Å². The van der Waals surface area contributed by atoms with Crippen LogP contribution in [0.4, 0.5) is 4.39 Å². The van der Waals surface area contributed by atoms with Gasteiger partial charge < -0.3 is 10.5 Å². The van der Waals surface area contributed by atoms with E-state index in [-0.39, 0.29) is 6.61 Å². The SMILES string of the molecule is C[C@H](N)C(=O)OCc1ccc(CF)cc1. The molecule has 15 heavy (non-hydrogen) atoms. The molecule has 2 N–H and O–H groups in total. The largest absolute Gasteiger partial charge is 0.460 e. The van der Waals surface area contributed by atoms with Gasteiger partial charge in [-0.25, -0.2) is 4.39 Å². The van der Waals surface area contributed by atoms with Crippen LogP contribution in [0, 0.1) is 0 Å². The molecule has 0 saturated heterocycles. The Hall–Kier alpha value is -1.42. The first-order chi connectivity index (χ1) is 7.13. The highest BCUT2D eigenvalue weighted by Crippen LogP contribution is 2.07. The summed E-state index contributed by atoms with van der Waals surface area (Å²) < 4.78 is 17.1. The average molecular weight is 211 g/mol. The molecule has 1 rings (SSSR count). The molecule has 0 aliphatic rings. The van der Waals surface area contributed by atoms with Gasteiger partial charge in [0.1, 0.15) is 19.3 Å². The maximum atomic E-state index is 12.2. The van der Waals surface area contributed by atoms with E-state index in [2.05, 4.69) is 0 Å². The normalized spacial score (nSPS) is 12.2. The van der Waals surface area contributed by atoms with Gasteiger partial charge >= 0.3 is 5.97 Å². The Morgan fingerprint density at radius 1 is 1.40 bits per heavy atom. The van der Waals surface area contributed by atoms with E-state index in [0.717, 1.165) is 5.56 Å². The van der Waals surface area contributed by atoms with Gasteiger partial charge in [0.05, 0.1) is 0 Å². The van der Waals surface area contributed by atoms with Crippen molar-refractivity contribution in [2.75, 3.05) is 0 Å². The molecule has 0 amide bonds. The number of rotatable bonds is 4. The van der Waals surface area contributed by atoms with Crippen LogP contribution in [0.5, 0.6) is 0 Å². The lowest BCUT2D eigenvalue weighted by Crippen LogP contribution is -2.28. The van der Waals surface area contributed by atoms with Gasteiger partial charge in [-0.15, -0.1) is 0 Å². The minimum atomic E-state index is -0.616. The summed E-state index contributed by atoms with van der Waals surface area (Å²) in [5.41, 5.74) is 6.75. The van der Waals surface area contributed by atoms with Gasteiger partial charge in [-0.2, -0.15) is 0 Å². The Morgan fingerprint density at radius 2 is 1.93 bits per heavy atom. The Bertz CT molecular complexity index is 322. The molecule has 4 heteroatoms. The molecule has 1 aromatic carbocycles. The summed E-state index contributed by atoms with van der Waals surface area (Å²) >= 11 is 0. The van der Waals surface area contributed by atoms with E-state index in [0.29, 0.717) is 5.56 Å². The first kappa shape index (κ1) is 11.7. The van der Waals surface area contributed by atoms with Crippen LogP contribution < -0.4 is 5.73 Å². The molecule has 0 heterocycles. The smallest absolute Gasteiger partial charge is 0.322 e. The van der Waals surface area contributed by atoms with E-state index in [1.807, 2.05) is 0 Å². The van der Waals surface area contributed by atoms with Crippen molar-refractivity contribution in [2.45, 2.75) is 26.2 Å². The van der Waals surface area contributed by atoms with Crippen LogP contribution in [0.2, 0.25) is 0 Å². The lowest BCUT2D eigenvalue weighted by atomic mass is 10.1. The molecule has 1 aromatic rings. The maximum Gasteiger partial charge on any atom is 0.322 e. The minimum absolute atomic E-state index is 0.174. The highest BCUT2D eigenvalue weighted by Gasteiger charge is 2.08. The summed E-state index contributed by atoms with van der Waals surface area (Å²) in [5.74, 6) is -0.440. The molecule has 0 aliphatic heterocycles. The van der Waals surface area contributed by atoms with Crippen molar-refractivity contribution >= 4 is 5.97 Å². The summed E-state index contributed by atoms with van der Waals surface area (Å²) in [6.45, 7) is 1.25. The molecule has 1 atom stereocenters. The summed E-state index contributed by atoms with van der Waals surface area (Å²) in [5, 5.41) is 0. The van der Waals surface area contributed by atoms with E-state index in [1.165, 1.54) is 0 Å². The lowest BCUT2D eigenvalue weighted by molar-refractivity contribution is -0.146. The summed E-state index contributed by atoms with van der Waals surface area (Å²) in [6, 6.07) is 6.16. The second-order valence-electron chi connectivity index (χ2n) is 3.35. The zero-order chi connectivity index (χ0) is 11.3. The van der Waals surface area contributed by atoms with E-state index in [4.69, 9.17) is 10.5 Å². The van der Waals surface area contributed by atoms with Gasteiger partial charge in [0.25, 0.3) is 0 Å². The summed E-state index contributed by atoms with van der Waals surface area (Å²) in [6.07, 6.45) is 0. The molecule has 0 radical (unpaired) electrons. The molecule has 0 spiro atoms. The molecule has 0 fully saturated rings. The van der Waals surface area contributed by atoms with Crippen LogP contribution in [0.1, 0.15) is 18.1 Å². The number of hydrogen-bond donors (Lipinski definition) is 1. The summed E-state index contributed by atoms with van der Waals surface area (Å²) in [4.78, 5) is 11.0. The number of benzene rings is 1. The number of hydrogen-bond acceptors (Lipinski definition) is 3. The predicted molar refractivity (Wildman–Crippen MR) is 54.7 cm³/mol. The molecule has 82 valence electrons. The van der Waals surface area contributed by atoms with Crippen molar-refractivity contribution < 1.29 is 13.9 Å². The number of esters is 1. The van der Waals surface area contributed by atoms with Crippen LogP contribution in [0.25, 0.3) is 0 Å². The van der Waals surface area contributed by atoms with Crippen molar-refractivity contribution in [3.05, 3.63) is 35.4 Å². The molecule has 3 nitrogen and oxygen atoms in total. The molecular formula is C11H14FNO2. The summed E-state index contributed by atoms with van der Waals surface area (Å²) in [7, 11) is 0. The third-order valence-electron chi connectivity index (χ3n) is 1.93. The zero-order valence-corrected chi connectivity index (χ0v) is 8.57. The number of alkyl halides is 1. The highest BCUT2D eigenvalue weighted by molar-refractivity contribution is 5.74. The molecule has 0 unspecified atom stereocenters. The standard InChI is InChI=1S/C11H14FNO2/c1-8(13)11(14)15-7-10-4-2-9(6-12)3-5-10/h2-5,8H,6-7,13H2,1H3/t8-/m0/s1. The molecule has 0 bridgehead atoms. The maximum absolute atomic E-state index is 12.2. The lowest BCUT2D eigenvalue weighted by Gasteiger charge is -2.07. The quantitative estimate of drug-likeness (QED) is 0.769. The molecule has 0 saturated carbocycles. The third kappa shape index (κ3) is 3.67. The first-order valence-corrected chi connectivity index (χ1v) is 4.69. The van der Waals surface area contributed by atoms with Gasteiger partial charge in [0, 0.05) is 0 Å². The fourth-order valence-electron chi connectivity index (χ4n) is 1.01. The van der Waals surface area contributed by atoms with Crippen LogP contribution in [-0.2, 0) is 22.8 Å². The number of nitrogens with two attached hydrogens (primary N) is 1. The topological polar surface area (TPSA) is 52.3 Å². The van der Waals surface area contributed by atoms with Gasteiger partial charge in [0.2, 0.25) is 0 Å². The molecular weight excluding hydrogens is 197 g/mol. The number of ether oxygens (including phenoxy) is 1. The van der Waals surface area contributed by atoms with Crippen molar-refractivity contribution in [1.29, 1.82) is 0 Å². The van der Waals surface area contributed by atoms with Crippen molar-refractivity contribution in [1.82, 2.24) is 0 Å². The van der Waals surface area contributed by atoms with Crippen LogP contribution in [0.15, 0.2) is 24.3 Å². The molecule has 0 aliphatic carbocycles. The average Bonchev–Trinajstić information content (AvgIpc) is 2.26. The van der Waals surface area contributed by atoms with Crippen LogP contribution >= 0.6 is 0 Å². The van der Waals surface area contributed by atoms with E-state index in [9.17, 15) is 9.18 Å². The second-order valence-corrected chi connectivity index (χ2v) is 3.35. The Balaban J connectivity index is 2.47. The molecule has 0 aromatic heterocycles. The number of carbonyl (C=O) groups is 1. The number of carbonyl (C=O) groups excluding carboxylic acids is 1. The second kappa shape index (κ2) is 5.46. The van der Waals surface area contributed by atoms with E-state index < -0.39 is 18.7 Å². The highest BCUT2D eigenvalue weighted by atomic mass is 19.1. The van der Waals surface area contributed by atoms with E-state index in [1.54, 1.807) is 31.2 Å².